The van der Waals surface area contributed by atoms with E-state index in [1.54, 1.807) is 7.11 Å². The van der Waals surface area contributed by atoms with Gasteiger partial charge in [0, 0.05) is 20.2 Å². The van der Waals surface area contributed by atoms with Gasteiger partial charge in [-0.05, 0) is 6.42 Å². The van der Waals surface area contributed by atoms with Gasteiger partial charge < -0.3 is 9.47 Å². The molecule has 0 aliphatic carbocycles. The lowest BCUT2D eigenvalue weighted by Crippen LogP contribution is -2.30. The normalized spacial score (nSPS) is 24.4. The number of nitrogens with one attached hydrogen (secondary N) is 1. The zero-order valence-corrected chi connectivity index (χ0v) is 11.1. The average Bonchev–Trinajstić information content (AvgIpc) is 3.02. The molecular formula is C11H17F3N4O2. The zero-order valence-electron chi connectivity index (χ0n) is 11.1. The predicted molar refractivity (Wildman–Crippen MR) is 63.0 cm³/mol. The van der Waals surface area contributed by atoms with Crippen molar-refractivity contribution in [3.8, 4) is 0 Å². The Morgan fingerprint density at radius 2 is 2.30 bits per heavy atom. The van der Waals surface area contributed by atoms with Gasteiger partial charge in [0.2, 0.25) is 0 Å². The van der Waals surface area contributed by atoms with Crippen molar-refractivity contribution in [1.82, 2.24) is 20.1 Å². The van der Waals surface area contributed by atoms with Gasteiger partial charge in [0.05, 0.1) is 18.8 Å². The first-order chi connectivity index (χ1) is 9.49. The van der Waals surface area contributed by atoms with Crippen LogP contribution in [-0.2, 0) is 9.47 Å². The summed E-state index contributed by atoms with van der Waals surface area (Å²) in [5, 5.41) is 6.59. The molecule has 0 bridgehead atoms. The third-order valence-electron chi connectivity index (χ3n) is 3.24. The topological polar surface area (TPSA) is 63.3 Å². The smallest absolute Gasteiger partial charge is 0.380 e. The molecule has 20 heavy (non-hydrogen) atoms. The molecular weight excluding hydrogens is 277 g/mol. The van der Waals surface area contributed by atoms with Crippen molar-refractivity contribution in [2.24, 2.45) is 0 Å². The van der Waals surface area contributed by atoms with Crippen LogP contribution in [0.5, 0.6) is 0 Å². The Balaban J connectivity index is 1.85. The maximum atomic E-state index is 12.0. The van der Waals surface area contributed by atoms with Crippen LogP contribution in [-0.4, -0.2) is 65.8 Å². The summed E-state index contributed by atoms with van der Waals surface area (Å²) < 4.78 is 45.9. The molecule has 0 amide bonds. The second kappa shape index (κ2) is 6.51. The first-order valence-electron chi connectivity index (χ1n) is 6.26. The predicted octanol–water partition coefficient (Wildman–Crippen LogP) is 1.15. The Hall–Kier alpha value is -1.19. The average molecular weight is 294 g/mol. The fourth-order valence-electron chi connectivity index (χ4n) is 2.31. The highest BCUT2D eigenvalue weighted by atomic mass is 19.4. The van der Waals surface area contributed by atoms with Crippen molar-refractivity contribution in [2.75, 3.05) is 33.4 Å². The van der Waals surface area contributed by atoms with Crippen LogP contribution in [0.4, 0.5) is 13.2 Å². The summed E-state index contributed by atoms with van der Waals surface area (Å²) in [6, 6.07) is -0.0306. The quantitative estimate of drug-likeness (QED) is 0.797. The highest BCUT2D eigenvalue weighted by Crippen LogP contribution is 2.30. The third kappa shape index (κ3) is 4.15. The van der Waals surface area contributed by atoms with E-state index in [0.717, 1.165) is 6.42 Å². The standard InChI is InChI=1S/C11H17F3N4O2/c1-19-8-4-9(10-15-7-16-17-10)18(5-8)2-3-20-6-11(12,13)14/h7-9H,2-6H2,1H3,(H,15,16,17)/t8-,9+/m1/s1. The van der Waals surface area contributed by atoms with Crippen LogP contribution in [0.3, 0.4) is 0 Å². The molecule has 1 saturated heterocycles. The summed E-state index contributed by atoms with van der Waals surface area (Å²) in [6.07, 6.45) is -2.11. The molecule has 0 aromatic carbocycles. The molecule has 1 N–H and O–H groups in total. The van der Waals surface area contributed by atoms with Crippen LogP contribution in [0.1, 0.15) is 18.3 Å². The van der Waals surface area contributed by atoms with E-state index in [2.05, 4.69) is 19.9 Å². The number of aromatic nitrogens is 3. The molecule has 9 heteroatoms. The molecule has 1 aromatic heterocycles. The van der Waals surface area contributed by atoms with Crippen molar-refractivity contribution in [1.29, 1.82) is 0 Å². The molecule has 0 unspecified atom stereocenters. The number of methoxy groups -OCH3 is 1. The van der Waals surface area contributed by atoms with E-state index in [1.807, 2.05) is 4.90 Å². The van der Waals surface area contributed by atoms with Gasteiger partial charge in [0.1, 0.15) is 18.8 Å². The van der Waals surface area contributed by atoms with Gasteiger partial charge in [-0.25, -0.2) is 4.98 Å². The molecule has 0 radical (unpaired) electrons. The summed E-state index contributed by atoms with van der Waals surface area (Å²) in [6.45, 7) is -0.180. The Morgan fingerprint density at radius 3 is 2.90 bits per heavy atom. The summed E-state index contributed by atoms with van der Waals surface area (Å²) in [7, 11) is 1.62. The highest BCUT2D eigenvalue weighted by molar-refractivity contribution is 4.99. The van der Waals surface area contributed by atoms with Gasteiger partial charge >= 0.3 is 6.18 Å². The van der Waals surface area contributed by atoms with Gasteiger partial charge in [-0.3, -0.25) is 10.00 Å². The second-order valence-corrected chi connectivity index (χ2v) is 4.64. The minimum absolute atomic E-state index is 0.0145. The Labute approximate surface area is 114 Å². The SMILES string of the molecule is CO[C@@H]1C[C@@H](c2ncn[nH]2)N(CCOCC(F)(F)F)C1. The second-order valence-electron chi connectivity index (χ2n) is 4.64. The van der Waals surface area contributed by atoms with Crippen LogP contribution < -0.4 is 0 Å². The van der Waals surface area contributed by atoms with Crippen molar-refractivity contribution < 1.29 is 22.6 Å². The molecule has 1 aromatic rings. The number of likely N-dealkylation sites (tertiary alicyclic amines) is 1. The molecule has 0 spiro atoms. The molecule has 2 atom stereocenters. The number of halogens is 3. The molecule has 2 heterocycles. The summed E-state index contributed by atoms with van der Waals surface area (Å²) >= 11 is 0. The number of aromatic amines is 1. The fourth-order valence-corrected chi connectivity index (χ4v) is 2.31. The van der Waals surface area contributed by atoms with Crippen molar-refractivity contribution in [3.05, 3.63) is 12.2 Å². The molecule has 6 nitrogen and oxygen atoms in total. The largest absolute Gasteiger partial charge is 0.411 e. The lowest BCUT2D eigenvalue weighted by Gasteiger charge is -2.22. The van der Waals surface area contributed by atoms with E-state index >= 15 is 0 Å². The van der Waals surface area contributed by atoms with Crippen LogP contribution in [0, 0.1) is 0 Å². The van der Waals surface area contributed by atoms with Crippen LogP contribution in [0.15, 0.2) is 6.33 Å². The van der Waals surface area contributed by atoms with Gasteiger partial charge in [0.25, 0.3) is 0 Å². The summed E-state index contributed by atoms with van der Waals surface area (Å²) in [5.41, 5.74) is 0. The van der Waals surface area contributed by atoms with E-state index in [0.29, 0.717) is 18.9 Å². The maximum Gasteiger partial charge on any atom is 0.411 e. The Morgan fingerprint density at radius 1 is 1.50 bits per heavy atom. The molecule has 1 fully saturated rings. The number of nitrogens with zero attached hydrogens (tertiary/aromatic N) is 3. The van der Waals surface area contributed by atoms with Gasteiger partial charge in [0.15, 0.2) is 0 Å². The van der Waals surface area contributed by atoms with Crippen molar-refractivity contribution >= 4 is 0 Å². The number of H-pyrrole nitrogens is 1. The van der Waals surface area contributed by atoms with E-state index in [9.17, 15) is 13.2 Å². The van der Waals surface area contributed by atoms with E-state index in [-0.39, 0.29) is 18.8 Å². The summed E-state index contributed by atoms with van der Waals surface area (Å²) in [5.74, 6) is 0.695. The minimum atomic E-state index is -4.29. The molecule has 1 aliphatic rings. The fraction of sp³-hybridized carbons (Fsp3) is 0.818. The van der Waals surface area contributed by atoms with Gasteiger partial charge in [-0.2, -0.15) is 18.3 Å². The van der Waals surface area contributed by atoms with Crippen LogP contribution in [0.2, 0.25) is 0 Å². The number of hydrogen-bond donors (Lipinski definition) is 1. The first-order valence-corrected chi connectivity index (χ1v) is 6.26. The molecule has 1 aliphatic heterocycles. The lowest BCUT2D eigenvalue weighted by atomic mass is 10.2. The third-order valence-corrected chi connectivity index (χ3v) is 3.24. The zero-order chi connectivity index (χ0) is 14.6. The minimum Gasteiger partial charge on any atom is -0.380 e. The number of rotatable bonds is 6. The van der Waals surface area contributed by atoms with E-state index < -0.39 is 12.8 Å². The number of alkyl halides is 3. The Bertz CT molecular complexity index is 399. The molecule has 0 saturated carbocycles. The van der Waals surface area contributed by atoms with E-state index in [4.69, 9.17) is 4.74 Å². The van der Waals surface area contributed by atoms with Gasteiger partial charge in [-0.1, -0.05) is 0 Å². The lowest BCUT2D eigenvalue weighted by molar-refractivity contribution is -0.174. The monoisotopic (exact) mass is 294 g/mol. The van der Waals surface area contributed by atoms with Crippen LogP contribution >= 0.6 is 0 Å². The van der Waals surface area contributed by atoms with Gasteiger partial charge in [-0.15, -0.1) is 0 Å². The van der Waals surface area contributed by atoms with Crippen LogP contribution in [0.25, 0.3) is 0 Å². The van der Waals surface area contributed by atoms with Crippen molar-refractivity contribution in [3.63, 3.8) is 0 Å². The first kappa shape index (κ1) is 15.2. The van der Waals surface area contributed by atoms with Crippen molar-refractivity contribution in [2.45, 2.75) is 24.7 Å². The molecule has 2 rings (SSSR count). The highest BCUT2D eigenvalue weighted by Gasteiger charge is 2.35. The number of hydrogen-bond acceptors (Lipinski definition) is 5. The maximum absolute atomic E-state index is 12.0. The molecule has 114 valence electrons. The van der Waals surface area contributed by atoms with E-state index in [1.165, 1.54) is 6.33 Å². The summed E-state index contributed by atoms with van der Waals surface area (Å²) in [4.78, 5) is 6.09. The Kier molecular flexibility index (Phi) is 4.95. The number of ether oxygens (including phenoxy) is 2.